The number of amides is 1. The predicted molar refractivity (Wildman–Crippen MR) is 102 cm³/mol. The van der Waals surface area contributed by atoms with E-state index in [9.17, 15) is 14.9 Å². The molecule has 1 atom stereocenters. The summed E-state index contributed by atoms with van der Waals surface area (Å²) in [6, 6.07) is 11.6. The Kier molecular flexibility index (Phi) is 6.85. The lowest BCUT2D eigenvalue weighted by atomic mass is 10.1. The van der Waals surface area contributed by atoms with Crippen LogP contribution in [0.5, 0.6) is 11.5 Å². The van der Waals surface area contributed by atoms with Gasteiger partial charge in [0.05, 0.1) is 30.6 Å². The molecule has 0 saturated carbocycles. The van der Waals surface area contributed by atoms with E-state index < -0.39 is 4.92 Å². The fraction of sp³-hybridized carbons (Fsp3) is 0.278. The number of carbonyl (C=O) groups is 1. The van der Waals surface area contributed by atoms with Crippen LogP contribution < -0.4 is 14.8 Å². The lowest BCUT2D eigenvalue weighted by Gasteiger charge is -2.13. The van der Waals surface area contributed by atoms with E-state index in [0.717, 1.165) is 5.56 Å². The molecule has 2 rings (SSSR count). The molecular weight excluding hydrogens is 356 g/mol. The van der Waals surface area contributed by atoms with Gasteiger partial charge in [0.2, 0.25) is 5.91 Å². The Bertz CT molecular complexity index is 797. The molecule has 7 nitrogen and oxygen atoms in total. The molecule has 138 valence electrons. The Hall–Kier alpha value is -2.74. The lowest BCUT2D eigenvalue weighted by molar-refractivity contribution is -0.384. The number of nitro groups is 1. The van der Waals surface area contributed by atoms with E-state index in [1.807, 2.05) is 13.0 Å². The quantitative estimate of drug-likeness (QED) is 0.552. The summed E-state index contributed by atoms with van der Waals surface area (Å²) in [6.07, 6.45) is 0. The molecule has 0 bridgehead atoms. The number of benzene rings is 2. The SMILES string of the molecule is COc1ccc(NC(=O)CS[C@H](C)c2cccc([N+](=O)[O-])c2)c(OC)c1. The zero-order chi connectivity index (χ0) is 19.1. The Morgan fingerprint density at radius 3 is 2.65 bits per heavy atom. The average molecular weight is 376 g/mol. The van der Waals surface area contributed by atoms with E-state index in [0.29, 0.717) is 17.2 Å². The number of nitrogens with one attached hydrogen (secondary N) is 1. The van der Waals surface area contributed by atoms with E-state index in [4.69, 9.17) is 9.47 Å². The van der Waals surface area contributed by atoms with Crippen LogP contribution in [0.3, 0.4) is 0 Å². The molecule has 8 heteroatoms. The second-order valence-electron chi connectivity index (χ2n) is 5.42. The highest BCUT2D eigenvalue weighted by molar-refractivity contribution is 8.00. The van der Waals surface area contributed by atoms with Crippen molar-refractivity contribution >= 4 is 29.0 Å². The highest BCUT2D eigenvalue weighted by Gasteiger charge is 2.14. The van der Waals surface area contributed by atoms with Crippen molar-refractivity contribution in [3.05, 3.63) is 58.1 Å². The summed E-state index contributed by atoms with van der Waals surface area (Å²) in [7, 11) is 3.07. The number of hydrogen-bond acceptors (Lipinski definition) is 6. The number of nitro benzene ring substituents is 1. The van der Waals surface area contributed by atoms with Gasteiger partial charge in [-0.3, -0.25) is 14.9 Å². The van der Waals surface area contributed by atoms with Crippen LogP contribution in [0.25, 0.3) is 0 Å². The number of thioether (sulfide) groups is 1. The van der Waals surface area contributed by atoms with Gasteiger partial charge in [-0.25, -0.2) is 0 Å². The number of carbonyl (C=O) groups excluding carboxylic acids is 1. The third kappa shape index (κ3) is 5.13. The van der Waals surface area contributed by atoms with Crippen molar-refractivity contribution in [2.45, 2.75) is 12.2 Å². The van der Waals surface area contributed by atoms with Gasteiger partial charge in [0.15, 0.2) is 0 Å². The van der Waals surface area contributed by atoms with Crippen LogP contribution in [-0.4, -0.2) is 30.8 Å². The van der Waals surface area contributed by atoms with Crippen molar-refractivity contribution in [1.29, 1.82) is 0 Å². The normalized spacial score (nSPS) is 11.5. The number of nitrogens with zero attached hydrogens (tertiary/aromatic N) is 1. The van der Waals surface area contributed by atoms with Gasteiger partial charge in [0.1, 0.15) is 11.5 Å². The minimum absolute atomic E-state index is 0.0439. The lowest BCUT2D eigenvalue weighted by Crippen LogP contribution is -2.15. The first-order valence-electron chi connectivity index (χ1n) is 7.82. The highest BCUT2D eigenvalue weighted by atomic mass is 32.2. The molecule has 0 aliphatic heterocycles. The van der Waals surface area contributed by atoms with Gasteiger partial charge in [0.25, 0.3) is 5.69 Å². The van der Waals surface area contributed by atoms with Crippen molar-refractivity contribution in [2.24, 2.45) is 0 Å². The molecule has 0 saturated heterocycles. The van der Waals surface area contributed by atoms with E-state index in [2.05, 4.69) is 5.32 Å². The molecule has 0 aliphatic rings. The number of hydrogen-bond donors (Lipinski definition) is 1. The smallest absolute Gasteiger partial charge is 0.269 e. The molecule has 0 aliphatic carbocycles. The zero-order valence-corrected chi connectivity index (χ0v) is 15.5. The van der Waals surface area contributed by atoms with E-state index >= 15 is 0 Å². The second-order valence-corrected chi connectivity index (χ2v) is 6.75. The Morgan fingerprint density at radius 1 is 1.23 bits per heavy atom. The third-order valence-electron chi connectivity index (χ3n) is 3.70. The summed E-state index contributed by atoms with van der Waals surface area (Å²) in [5.41, 5.74) is 1.41. The van der Waals surface area contributed by atoms with E-state index in [1.165, 1.54) is 31.0 Å². The van der Waals surface area contributed by atoms with Crippen molar-refractivity contribution in [1.82, 2.24) is 0 Å². The van der Waals surface area contributed by atoms with Gasteiger partial charge in [0, 0.05) is 23.4 Å². The van der Waals surface area contributed by atoms with Crippen LogP contribution in [0, 0.1) is 10.1 Å². The number of methoxy groups -OCH3 is 2. The maximum atomic E-state index is 12.2. The molecule has 0 heterocycles. The fourth-order valence-electron chi connectivity index (χ4n) is 2.28. The minimum Gasteiger partial charge on any atom is -0.497 e. The molecule has 0 aromatic heterocycles. The standard InChI is InChI=1S/C18H20N2O5S/c1-12(13-5-4-6-14(9-13)20(22)23)26-11-18(21)19-16-8-7-15(24-2)10-17(16)25-3/h4-10,12H,11H2,1-3H3,(H,19,21)/t12-/m1/s1. The van der Waals surface area contributed by atoms with Gasteiger partial charge < -0.3 is 14.8 Å². The summed E-state index contributed by atoms with van der Waals surface area (Å²) in [4.78, 5) is 22.7. The van der Waals surface area contributed by atoms with Crippen LogP contribution in [0.1, 0.15) is 17.7 Å². The molecule has 1 N–H and O–H groups in total. The van der Waals surface area contributed by atoms with Crippen molar-refractivity contribution in [3.63, 3.8) is 0 Å². The Labute approximate surface area is 155 Å². The molecule has 0 spiro atoms. The molecule has 0 fully saturated rings. The minimum atomic E-state index is -0.427. The van der Waals surface area contributed by atoms with E-state index in [-0.39, 0.29) is 22.6 Å². The maximum absolute atomic E-state index is 12.2. The van der Waals surface area contributed by atoms with Crippen LogP contribution >= 0.6 is 11.8 Å². The molecular formula is C18H20N2O5S. The first-order chi connectivity index (χ1) is 12.4. The number of anilines is 1. The predicted octanol–water partition coefficient (Wildman–Crippen LogP) is 4.04. The number of rotatable bonds is 8. The van der Waals surface area contributed by atoms with Crippen molar-refractivity contribution in [2.75, 3.05) is 25.3 Å². The molecule has 0 radical (unpaired) electrons. The molecule has 0 unspecified atom stereocenters. The average Bonchev–Trinajstić information content (AvgIpc) is 2.66. The first kappa shape index (κ1) is 19.6. The molecule has 2 aromatic carbocycles. The van der Waals surface area contributed by atoms with Crippen LogP contribution in [0.2, 0.25) is 0 Å². The van der Waals surface area contributed by atoms with Crippen molar-refractivity contribution < 1.29 is 19.2 Å². The summed E-state index contributed by atoms with van der Waals surface area (Å²) in [5.74, 6) is 1.16. The summed E-state index contributed by atoms with van der Waals surface area (Å²) in [5, 5.41) is 13.6. The first-order valence-corrected chi connectivity index (χ1v) is 8.87. The topological polar surface area (TPSA) is 90.7 Å². The molecule has 26 heavy (non-hydrogen) atoms. The second kappa shape index (κ2) is 9.10. The third-order valence-corrected chi connectivity index (χ3v) is 4.90. The summed E-state index contributed by atoms with van der Waals surface area (Å²) in [6.45, 7) is 1.91. The van der Waals surface area contributed by atoms with Crippen molar-refractivity contribution in [3.8, 4) is 11.5 Å². The Balaban J connectivity index is 1.96. The fourth-order valence-corrected chi connectivity index (χ4v) is 3.09. The largest absolute Gasteiger partial charge is 0.497 e. The molecule has 2 aromatic rings. The summed E-state index contributed by atoms with van der Waals surface area (Å²) < 4.78 is 10.4. The van der Waals surface area contributed by atoms with Gasteiger partial charge in [-0.05, 0) is 24.6 Å². The van der Waals surface area contributed by atoms with Gasteiger partial charge in [-0.15, -0.1) is 11.8 Å². The number of non-ortho nitro benzene ring substituents is 1. The molecule has 1 amide bonds. The van der Waals surface area contributed by atoms with Gasteiger partial charge in [-0.1, -0.05) is 12.1 Å². The van der Waals surface area contributed by atoms with Gasteiger partial charge in [-0.2, -0.15) is 0 Å². The summed E-state index contributed by atoms with van der Waals surface area (Å²) >= 11 is 1.40. The maximum Gasteiger partial charge on any atom is 0.269 e. The van der Waals surface area contributed by atoms with Crippen LogP contribution in [0.4, 0.5) is 11.4 Å². The Morgan fingerprint density at radius 2 is 2.00 bits per heavy atom. The number of ether oxygens (including phenoxy) is 2. The van der Waals surface area contributed by atoms with Crippen LogP contribution in [0.15, 0.2) is 42.5 Å². The van der Waals surface area contributed by atoms with E-state index in [1.54, 1.807) is 31.4 Å². The van der Waals surface area contributed by atoms with Crippen LogP contribution in [-0.2, 0) is 4.79 Å². The van der Waals surface area contributed by atoms with Gasteiger partial charge >= 0.3 is 0 Å². The zero-order valence-electron chi connectivity index (χ0n) is 14.7. The monoisotopic (exact) mass is 376 g/mol. The highest BCUT2D eigenvalue weighted by Crippen LogP contribution is 2.32.